The molecule has 0 aliphatic carbocycles. The topological polar surface area (TPSA) is 64.0 Å². The highest BCUT2D eigenvalue weighted by Gasteiger charge is 2.29. The van der Waals surface area contributed by atoms with Crippen LogP contribution >= 0.6 is 11.6 Å². The fourth-order valence-corrected chi connectivity index (χ4v) is 3.64. The van der Waals surface area contributed by atoms with Gasteiger partial charge in [0, 0.05) is 18.7 Å². The molecular formula is C14H18ClN3O2S. The Hall–Kier alpha value is -1.53. The van der Waals surface area contributed by atoms with Crippen molar-refractivity contribution < 1.29 is 8.42 Å². The van der Waals surface area contributed by atoms with Crippen LogP contribution in [0.15, 0.2) is 35.4 Å². The van der Waals surface area contributed by atoms with Gasteiger partial charge in [0.05, 0.1) is 16.4 Å². The molecule has 2 rings (SSSR count). The standard InChI is InChI=1S/C14H18ClN3O2S/c1-14(2,3)13-12(9-18(4)16-13)21(19,20)17-11-8-6-5-7-10(11)15/h5-9,17H,1-4H3. The van der Waals surface area contributed by atoms with Crippen LogP contribution in [0.3, 0.4) is 0 Å². The summed E-state index contributed by atoms with van der Waals surface area (Å²) in [6.07, 6.45) is 1.50. The number of halogens is 1. The van der Waals surface area contributed by atoms with Crippen molar-refractivity contribution in [1.82, 2.24) is 9.78 Å². The van der Waals surface area contributed by atoms with E-state index < -0.39 is 10.0 Å². The van der Waals surface area contributed by atoms with Crippen LogP contribution < -0.4 is 4.72 Å². The highest BCUT2D eigenvalue weighted by Crippen LogP contribution is 2.30. The Kier molecular flexibility index (Phi) is 4.04. The van der Waals surface area contributed by atoms with Gasteiger partial charge in [0.15, 0.2) is 0 Å². The zero-order valence-electron chi connectivity index (χ0n) is 12.4. The molecule has 114 valence electrons. The Labute approximate surface area is 130 Å². The molecule has 0 atom stereocenters. The van der Waals surface area contributed by atoms with Gasteiger partial charge in [0.2, 0.25) is 0 Å². The van der Waals surface area contributed by atoms with Crippen LogP contribution in [-0.4, -0.2) is 18.2 Å². The van der Waals surface area contributed by atoms with E-state index in [9.17, 15) is 8.42 Å². The molecule has 0 bridgehead atoms. The van der Waals surface area contributed by atoms with E-state index in [1.807, 2.05) is 20.8 Å². The molecule has 5 nitrogen and oxygen atoms in total. The van der Waals surface area contributed by atoms with Gasteiger partial charge in [0.25, 0.3) is 10.0 Å². The van der Waals surface area contributed by atoms with Crippen molar-refractivity contribution in [3.05, 3.63) is 41.2 Å². The third-order valence-corrected chi connectivity index (χ3v) is 4.61. The summed E-state index contributed by atoms with van der Waals surface area (Å²) in [5.41, 5.74) is 0.485. The van der Waals surface area contributed by atoms with Crippen LogP contribution in [-0.2, 0) is 22.5 Å². The first-order valence-electron chi connectivity index (χ1n) is 6.43. The summed E-state index contributed by atoms with van der Waals surface area (Å²) >= 11 is 6.00. The van der Waals surface area contributed by atoms with Crippen LogP contribution in [0.1, 0.15) is 26.5 Å². The van der Waals surface area contributed by atoms with E-state index in [0.29, 0.717) is 16.4 Å². The number of aryl methyl sites for hydroxylation is 1. The molecule has 1 aromatic carbocycles. The van der Waals surface area contributed by atoms with Gasteiger partial charge < -0.3 is 0 Å². The van der Waals surface area contributed by atoms with E-state index in [2.05, 4.69) is 9.82 Å². The minimum Gasteiger partial charge on any atom is -0.278 e. The number of hydrogen-bond acceptors (Lipinski definition) is 3. The molecule has 2 aromatic rings. The molecule has 0 radical (unpaired) electrons. The van der Waals surface area contributed by atoms with Crippen LogP contribution in [0.4, 0.5) is 5.69 Å². The second-order valence-electron chi connectivity index (χ2n) is 5.85. The Morgan fingerprint density at radius 3 is 2.43 bits per heavy atom. The maximum absolute atomic E-state index is 12.6. The van der Waals surface area contributed by atoms with Crippen molar-refractivity contribution >= 4 is 27.3 Å². The fraction of sp³-hybridized carbons (Fsp3) is 0.357. The van der Waals surface area contributed by atoms with Gasteiger partial charge in [-0.3, -0.25) is 9.40 Å². The van der Waals surface area contributed by atoms with Gasteiger partial charge in [-0.25, -0.2) is 8.42 Å². The second-order valence-corrected chi connectivity index (χ2v) is 7.91. The summed E-state index contributed by atoms with van der Waals surface area (Å²) in [4.78, 5) is 0.164. The molecule has 0 amide bonds. The molecule has 1 aromatic heterocycles. The number of hydrogen-bond donors (Lipinski definition) is 1. The lowest BCUT2D eigenvalue weighted by Gasteiger charge is -2.18. The summed E-state index contributed by atoms with van der Waals surface area (Å²) in [5.74, 6) is 0. The van der Waals surface area contributed by atoms with Crippen molar-refractivity contribution in [2.45, 2.75) is 31.1 Å². The van der Waals surface area contributed by atoms with Gasteiger partial charge >= 0.3 is 0 Å². The third kappa shape index (κ3) is 3.39. The molecule has 0 saturated carbocycles. The predicted molar refractivity (Wildman–Crippen MR) is 84.2 cm³/mol. The average Bonchev–Trinajstić information content (AvgIpc) is 2.75. The van der Waals surface area contributed by atoms with Crippen LogP contribution in [0.5, 0.6) is 0 Å². The molecule has 0 spiro atoms. The summed E-state index contributed by atoms with van der Waals surface area (Å²) in [6.45, 7) is 5.76. The monoisotopic (exact) mass is 327 g/mol. The van der Waals surface area contributed by atoms with E-state index in [4.69, 9.17) is 11.6 Å². The summed E-state index contributed by atoms with van der Waals surface area (Å²) in [6, 6.07) is 6.71. The Bertz CT molecular complexity index is 761. The van der Waals surface area contributed by atoms with Crippen molar-refractivity contribution in [3.63, 3.8) is 0 Å². The molecule has 1 heterocycles. The van der Waals surface area contributed by atoms with E-state index in [0.717, 1.165) is 0 Å². The molecule has 0 saturated heterocycles. The number of nitrogens with one attached hydrogen (secondary N) is 1. The Balaban J connectivity index is 2.49. The minimum atomic E-state index is -3.75. The molecule has 1 N–H and O–H groups in total. The first kappa shape index (κ1) is 15.9. The third-order valence-electron chi connectivity index (χ3n) is 2.91. The van der Waals surface area contributed by atoms with Crippen LogP contribution in [0.25, 0.3) is 0 Å². The normalized spacial score (nSPS) is 12.4. The largest absolute Gasteiger partial charge is 0.278 e. The zero-order chi connectivity index (χ0) is 15.8. The molecule has 0 unspecified atom stereocenters. The number of benzene rings is 1. The van der Waals surface area contributed by atoms with Gasteiger partial charge in [0.1, 0.15) is 4.90 Å². The van der Waals surface area contributed by atoms with E-state index in [-0.39, 0.29) is 10.3 Å². The van der Waals surface area contributed by atoms with Gasteiger partial charge in [-0.2, -0.15) is 5.10 Å². The van der Waals surface area contributed by atoms with E-state index in [1.165, 1.54) is 10.9 Å². The molecule has 0 aliphatic heterocycles. The highest BCUT2D eigenvalue weighted by atomic mass is 35.5. The first-order chi connectivity index (χ1) is 9.61. The number of para-hydroxylation sites is 1. The maximum Gasteiger partial charge on any atom is 0.265 e. The lowest BCUT2D eigenvalue weighted by molar-refractivity contribution is 0.539. The molecule has 0 fully saturated rings. The molecular weight excluding hydrogens is 310 g/mol. The number of nitrogens with zero attached hydrogens (tertiary/aromatic N) is 2. The van der Waals surface area contributed by atoms with Crippen molar-refractivity contribution in [1.29, 1.82) is 0 Å². The number of anilines is 1. The smallest absolute Gasteiger partial charge is 0.265 e. The molecule has 21 heavy (non-hydrogen) atoms. The Morgan fingerprint density at radius 2 is 1.86 bits per heavy atom. The lowest BCUT2D eigenvalue weighted by Crippen LogP contribution is -2.20. The average molecular weight is 328 g/mol. The van der Waals surface area contributed by atoms with Crippen molar-refractivity contribution in [3.8, 4) is 0 Å². The van der Waals surface area contributed by atoms with Crippen molar-refractivity contribution in [2.75, 3.05) is 4.72 Å². The van der Waals surface area contributed by atoms with E-state index in [1.54, 1.807) is 31.3 Å². The zero-order valence-corrected chi connectivity index (χ0v) is 14.0. The van der Waals surface area contributed by atoms with Crippen LogP contribution in [0, 0.1) is 0 Å². The predicted octanol–water partition coefficient (Wildman–Crippen LogP) is 3.17. The van der Waals surface area contributed by atoms with Crippen LogP contribution in [0.2, 0.25) is 5.02 Å². The van der Waals surface area contributed by atoms with Crippen molar-refractivity contribution in [2.24, 2.45) is 7.05 Å². The first-order valence-corrected chi connectivity index (χ1v) is 8.29. The number of sulfonamides is 1. The van der Waals surface area contributed by atoms with Gasteiger partial charge in [-0.05, 0) is 12.1 Å². The molecule has 0 aliphatic rings. The number of aromatic nitrogens is 2. The van der Waals surface area contributed by atoms with Gasteiger partial charge in [-0.15, -0.1) is 0 Å². The molecule has 7 heteroatoms. The lowest BCUT2D eigenvalue weighted by atomic mass is 9.92. The fourth-order valence-electron chi connectivity index (χ4n) is 1.93. The van der Waals surface area contributed by atoms with E-state index >= 15 is 0 Å². The minimum absolute atomic E-state index is 0.164. The van der Waals surface area contributed by atoms with Gasteiger partial charge in [-0.1, -0.05) is 44.5 Å². The summed E-state index contributed by atoms with van der Waals surface area (Å²) in [5, 5.41) is 4.63. The number of rotatable bonds is 3. The Morgan fingerprint density at radius 1 is 1.24 bits per heavy atom. The maximum atomic E-state index is 12.6. The summed E-state index contributed by atoms with van der Waals surface area (Å²) in [7, 11) is -2.05. The highest BCUT2D eigenvalue weighted by molar-refractivity contribution is 7.92. The SMILES string of the molecule is Cn1cc(S(=O)(=O)Nc2ccccc2Cl)c(C(C)(C)C)n1. The quantitative estimate of drug-likeness (QED) is 0.941. The second kappa shape index (κ2) is 5.35. The summed E-state index contributed by atoms with van der Waals surface area (Å²) < 4.78 is 29.2.